The number of benzene rings is 1. The molecule has 0 aromatic heterocycles. The predicted octanol–water partition coefficient (Wildman–Crippen LogP) is 2.97. The van der Waals surface area contributed by atoms with Gasteiger partial charge in [-0.1, -0.05) is 15.9 Å². The van der Waals surface area contributed by atoms with Gasteiger partial charge in [-0.2, -0.15) is 0 Å². The Bertz CT molecular complexity index is 367. The van der Waals surface area contributed by atoms with Crippen LogP contribution in [0.4, 0.5) is 0 Å². The summed E-state index contributed by atoms with van der Waals surface area (Å²) in [4.78, 5) is 0. The zero-order chi connectivity index (χ0) is 11.1. The average molecular weight is 258 g/mol. The summed E-state index contributed by atoms with van der Waals surface area (Å²) in [5.41, 5.74) is 8.15. The summed E-state index contributed by atoms with van der Waals surface area (Å²) in [6, 6.07) is 1.99. The lowest BCUT2D eigenvalue weighted by atomic mass is 9.89. The molecule has 0 aliphatic rings. The number of rotatable bonds is 1. The van der Waals surface area contributed by atoms with Crippen LogP contribution in [-0.2, 0) is 5.54 Å². The van der Waals surface area contributed by atoms with Crippen LogP contribution in [0.1, 0.15) is 30.5 Å². The molecule has 0 saturated heterocycles. The van der Waals surface area contributed by atoms with E-state index in [1.54, 1.807) is 0 Å². The second-order valence-electron chi connectivity index (χ2n) is 4.25. The Labute approximate surface area is 93.3 Å². The van der Waals surface area contributed by atoms with Crippen molar-refractivity contribution < 1.29 is 5.11 Å². The first-order valence-electron chi connectivity index (χ1n) is 4.53. The summed E-state index contributed by atoms with van der Waals surface area (Å²) in [5.74, 6) is 0.296. The predicted molar refractivity (Wildman–Crippen MR) is 62.5 cm³/mol. The van der Waals surface area contributed by atoms with Crippen molar-refractivity contribution in [3.8, 4) is 5.75 Å². The maximum absolute atomic E-state index is 9.98. The van der Waals surface area contributed by atoms with Crippen molar-refractivity contribution in [3.05, 3.63) is 27.2 Å². The molecule has 0 heterocycles. The number of phenols is 1. The fourth-order valence-electron chi connectivity index (χ4n) is 1.67. The van der Waals surface area contributed by atoms with Gasteiger partial charge in [0.25, 0.3) is 0 Å². The number of hydrogen-bond donors (Lipinski definition) is 2. The lowest BCUT2D eigenvalue weighted by Crippen LogP contribution is -2.30. The smallest absolute Gasteiger partial charge is 0.124 e. The van der Waals surface area contributed by atoms with Crippen molar-refractivity contribution in [1.29, 1.82) is 0 Å². The van der Waals surface area contributed by atoms with Crippen molar-refractivity contribution in [3.63, 3.8) is 0 Å². The molecule has 3 heteroatoms. The topological polar surface area (TPSA) is 46.2 Å². The van der Waals surface area contributed by atoms with E-state index in [4.69, 9.17) is 5.73 Å². The van der Waals surface area contributed by atoms with E-state index >= 15 is 0 Å². The van der Waals surface area contributed by atoms with E-state index in [-0.39, 0.29) is 0 Å². The van der Waals surface area contributed by atoms with Gasteiger partial charge in [-0.25, -0.2) is 0 Å². The molecule has 0 aliphatic carbocycles. The van der Waals surface area contributed by atoms with Gasteiger partial charge < -0.3 is 10.8 Å². The van der Waals surface area contributed by atoms with E-state index in [0.29, 0.717) is 5.75 Å². The zero-order valence-electron chi connectivity index (χ0n) is 8.98. The molecule has 0 aliphatic heterocycles. The van der Waals surface area contributed by atoms with E-state index in [9.17, 15) is 5.11 Å². The third-order valence-electron chi connectivity index (χ3n) is 2.33. The van der Waals surface area contributed by atoms with Crippen molar-refractivity contribution >= 4 is 15.9 Å². The Morgan fingerprint density at radius 3 is 2.29 bits per heavy atom. The average Bonchev–Trinajstić information content (AvgIpc) is 1.97. The van der Waals surface area contributed by atoms with Crippen LogP contribution < -0.4 is 5.73 Å². The molecule has 3 N–H and O–H groups in total. The normalized spacial score (nSPS) is 11.9. The minimum atomic E-state index is -0.514. The number of nitrogens with two attached hydrogens (primary N) is 1. The van der Waals surface area contributed by atoms with Crippen molar-refractivity contribution in [2.24, 2.45) is 5.73 Å². The lowest BCUT2D eigenvalue weighted by Gasteiger charge is -2.24. The molecule has 0 atom stereocenters. The van der Waals surface area contributed by atoms with Gasteiger partial charge in [0, 0.05) is 21.1 Å². The highest BCUT2D eigenvalue weighted by atomic mass is 79.9. The molecule has 1 aromatic rings. The van der Waals surface area contributed by atoms with Crippen LogP contribution in [0.15, 0.2) is 10.5 Å². The first kappa shape index (κ1) is 11.5. The molecule has 1 aromatic carbocycles. The standard InChI is InChI=1S/C11H16BrNO/c1-6-5-8(12)7(2)10(14)9(6)11(3,4)13/h5,14H,13H2,1-4H3. The largest absolute Gasteiger partial charge is 0.507 e. The fraction of sp³-hybridized carbons (Fsp3) is 0.455. The van der Waals surface area contributed by atoms with Crippen LogP contribution in [0.5, 0.6) is 5.75 Å². The Balaban J connectivity index is 3.53. The summed E-state index contributed by atoms with van der Waals surface area (Å²) in [7, 11) is 0. The second kappa shape index (κ2) is 3.55. The van der Waals surface area contributed by atoms with E-state index < -0.39 is 5.54 Å². The monoisotopic (exact) mass is 257 g/mol. The van der Waals surface area contributed by atoms with Crippen molar-refractivity contribution in [2.45, 2.75) is 33.2 Å². The van der Waals surface area contributed by atoms with Gasteiger partial charge in [0.2, 0.25) is 0 Å². The second-order valence-corrected chi connectivity index (χ2v) is 5.10. The quantitative estimate of drug-likeness (QED) is 0.813. The minimum Gasteiger partial charge on any atom is -0.507 e. The molecule has 0 saturated carbocycles. The number of hydrogen-bond acceptors (Lipinski definition) is 2. The highest BCUT2D eigenvalue weighted by Gasteiger charge is 2.23. The van der Waals surface area contributed by atoms with Crippen molar-refractivity contribution in [2.75, 3.05) is 0 Å². The van der Waals surface area contributed by atoms with Gasteiger partial charge in [-0.3, -0.25) is 0 Å². The summed E-state index contributed by atoms with van der Waals surface area (Å²) >= 11 is 3.40. The SMILES string of the molecule is Cc1cc(Br)c(C)c(O)c1C(C)(C)N. The molecule has 0 radical (unpaired) electrons. The van der Waals surface area contributed by atoms with E-state index in [1.807, 2.05) is 33.8 Å². The number of aromatic hydroxyl groups is 1. The summed E-state index contributed by atoms with van der Waals surface area (Å²) in [6.07, 6.45) is 0. The van der Waals surface area contributed by atoms with Gasteiger partial charge in [0.1, 0.15) is 5.75 Å². The first-order valence-corrected chi connectivity index (χ1v) is 5.32. The minimum absolute atomic E-state index is 0.296. The van der Waals surface area contributed by atoms with Crippen molar-refractivity contribution in [1.82, 2.24) is 0 Å². The molecular formula is C11H16BrNO. The summed E-state index contributed by atoms with van der Waals surface area (Å²) in [6.45, 7) is 7.60. The molecule has 0 amide bonds. The maximum Gasteiger partial charge on any atom is 0.124 e. The molecular weight excluding hydrogens is 242 g/mol. The Morgan fingerprint density at radius 1 is 1.36 bits per heavy atom. The summed E-state index contributed by atoms with van der Waals surface area (Å²) < 4.78 is 0.917. The molecule has 14 heavy (non-hydrogen) atoms. The molecule has 0 fully saturated rings. The molecule has 0 bridgehead atoms. The molecule has 0 spiro atoms. The molecule has 1 rings (SSSR count). The zero-order valence-corrected chi connectivity index (χ0v) is 10.6. The molecule has 2 nitrogen and oxygen atoms in total. The first-order chi connectivity index (χ1) is 6.25. The van der Waals surface area contributed by atoms with Crippen LogP contribution in [-0.4, -0.2) is 5.11 Å². The van der Waals surface area contributed by atoms with Crippen LogP contribution in [0.2, 0.25) is 0 Å². The van der Waals surface area contributed by atoms with Crippen LogP contribution >= 0.6 is 15.9 Å². The Kier molecular flexibility index (Phi) is 2.93. The highest BCUT2D eigenvalue weighted by Crippen LogP contribution is 2.36. The molecule has 78 valence electrons. The van der Waals surface area contributed by atoms with Crippen LogP contribution in [0.25, 0.3) is 0 Å². The van der Waals surface area contributed by atoms with Gasteiger partial charge in [0.15, 0.2) is 0 Å². The number of aryl methyl sites for hydroxylation is 1. The van der Waals surface area contributed by atoms with Crippen LogP contribution in [0.3, 0.4) is 0 Å². The van der Waals surface area contributed by atoms with Gasteiger partial charge in [-0.15, -0.1) is 0 Å². The number of phenolic OH excluding ortho intramolecular Hbond substituents is 1. The Morgan fingerprint density at radius 2 is 1.86 bits per heavy atom. The van der Waals surface area contributed by atoms with E-state index in [2.05, 4.69) is 15.9 Å². The van der Waals surface area contributed by atoms with Crippen LogP contribution in [0, 0.1) is 13.8 Å². The lowest BCUT2D eigenvalue weighted by molar-refractivity contribution is 0.434. The third kappa shape index (κ3) is 1.93. The van der Waals surface area contributed by atoms with Gasteiger partial charge in [-0.05, 0) is 39.3 Å². The highest BCUT2D eigenvalue weighted by molar-refractivity contribution is 9.10. The van der Waals surface area contributed by atoms with Gasteiger partial charge in [0.05, 0.1) is 0 Å². The summed E-state index contributed by atoms with van der Waals surface area (Å²) in [5, 5.41) is 9.98. The number of halogens is 1. The Hall–Kier alpha value is -0.540. The maximum atomic E-state index is 9.98. The van der Waals surface area contributed by atoms with E-state index in [0.717, 1.165) is 21.2 Å². The van der Waals surface area contributed by atoms with Gasteiger partial charge >= 0.3 is 0 Å². The third-order valence-corrected chi connectivity index (χ3v) is 3.16. The molecule has 0 unspecified atom stereocenters. The fourth-order valence-corrected chi connectivity index (χ4v) is 2.20. The van der Waals surface area contributed by atoms with E-state index in [1.165, 1.54) is 0 Å².